The quantitative estimate of drug-likeness (QED) is 0.655. The van der Waals surface area contributed by atoms with E-state index >= 15 is 0 Å². The van der Waals surface area contributed by atoms with Gasteiger partial charge in [-0.15, -0.1) is 11.3 Å². The highest BCUT2D eigenvalue weighted by atomic mass is 32.1. The Balaban J connectivity index is 1.23. The molecule has 0 spiro atoms. The Hall–Kier alpha value is -2.64. The summed E-state index contributed by atoms with van der Waals surface area (Å²) in [6.07, 6.45) is 1.66. The largest absolute Gasteiger partial charge is 0.484 e. The monoisotopic (exact) mass is 383 g/mol. The topological polar surface area (TPSA) is 58.8 Å². The molecule has 3 aromatic rings. The van der Waals surface area contributed by atoms with Gasteiger partial charge in [0.15, 0.2) is 12.4 Å². The average Bonchev–Trinajstić information content (AvgIpc) is 3.39. The van der Waals surface area contributed by atoms with Crippen molar-refractivity contribution in [1.82, 2.24) is 14.8 Å². The predicted molar refractivity (Wildman–Crippen MR) is 104 cm³/mol. The molecule has 0 N–H and O–H groups in total. The molecule has 7 heteroatoms. The minimum Gasteiger partial charge on any atom is -0.484 e. The first-order valence-corrected chi connectivity index (χ1v) is 9.82. The van der Waals surface area contributed by atoms with Gasteiger partial charge in [-0.25, -0.2) is 4.98 Å². The molecule has 3 heterocycles. The Morgan fingerprint density at radius 3 is 2.67 bits per heavy atom. The van der Waals surface area contributed by atoms with Crippen molar-refractivity contribution in [2.75, 3.05) is 32.8 Å². The van der Waals surface area contributed by atoms with Gasteiger partial charge in [-0.1, -0.05) is 18.2 Å². The van der Waals surface area contributed by atoms with Crippen LogP contribution in [0.5, 0.6) is 5.75 Å². The fourth-order valence-electron chi connectivity index (χ4n) is 3.02. The Labute approximate surface area is 162 Å². The third-order valence-corrected chi connectivity index (χ3v) is 5.35. The molecule has 140 valence electrons. The van der Waals surface area contributed by atoms with E-state index in [1.54, 1.807) is 17.6 Å². The highest BCUT2D eigenvalue weighted by Gasteiger charge is 2.22. The van der Waals surface area contributed by atoms with E-state index < -0.39 is 0 Å². The SMILES string of the molecule is O=C(COc1ccccc1)N1CCN(Cc2nc(-c3ccco3)cs2)CC1. The summed E-state index contributed by atoms with van der Waals surface area (Å²) < 4.78 is 11.0. The first-order valence-electron chi connectivity index (χ1n) is 8.94. The molecule has 1 fully saturated rings. The molecule has 0 radical (unpaired) electrons. The van der Waals surface area contributed by atoms with Crippen molar-refractivity contribution >= 4 is 17.2 Å². The van der Waals surface area contributed by atoms with Crippen LogP contribution in [0.2, 0.25) is 0 Å². The van der Waals surface area contributed by atoms with Gasteiger partial charge in [-0.2, -0.15) is 0 Å². The van der Waals surface area contributed by atoms with Crippen molar-refractivity contribution in [2.45, 2.75) is 6.54 Å². The van der Waals surface area contributed by atoms with Crippen LogP contribution in [-0.4, -0.2) is 53.5 Å². The van der Waals surface area contributed by atoms with E-state index in [9.17, 15) is 4.79 Å². The predicted octanol–water partition coefficient (Wildman–Crippen LogP) is 3.13. The van der Waals surface area contributed by atoms with Gasteiger partial charge in [-0.3, -0.25) is 9.69 Å². The Bertz CT molecular complexity index is 856. The van der Waals surface area contributed by atoms with Gasteiger partial charge in [-0.05, 0) is 24.3 Å². The average molecular weight is 383 g/mol. The molecule has 27 heavy (non-hydrogen) atoms. The fourth-order valence-corrected chi connectivity index (χ4v) is 3.85. The third-order valence-electron chi connectivity index (χ3n) is 4.51. The maximum atomic E-state index is 12.3. The molecule has 2 aromatic heterocycles. The molecular weight excluding hydrogens is 362 g/mol. The number of nitrogens with zero attached hydrogens (tertiary/aromatic N) is 3. The summed E-state index contributed by atoms with van der Waals surface area (Å²) >= 11 is 1.64. The van der Waals surface area contributed by atoms with Crippen molar-refractivity contribution in [1.29, 1.82) is 0 Å². The molecule has 0 atom stereocenters. The van der Waals surface area contributed by atoms with Crippen molar-refractivity contribution in [3.05, 3.63) is 59.1 Å². The number of carbonyl (C=O) groups is 1. The van der Waals surface area contributed by atoms with Gasteiger partial charge in [0.2, 0.25) is 0 Å². The molecule has 6 nitrogen and oxygen atoms in total. The van der Waals surface area contributed by atoms with Crippen LogP contribution < -0.4 is 4.74 Å². The number of aromatic nitrogens is 1. The molecule has 1 amide bonds. The van der Waals surface area contributed by atoms with E-state index in [1.165, 1.54) is 0 Å². The second-order valence-corrected chi connectivity index (χ2v) is 7.31. The molecule has 1 aromatic carbocycles. The zero-order valence-electron chi connectivity index (χ0n) is 14.9. The Morgan fingerprint density at radius 2 is 1.93 bits per heavy atom. The molecule has 0 bridgehead atoms. The van der Waals surface area contributed by atoms with Crippen LogP contribution in [0.3, 0.4) is 0 Å². The van der Waals surface area contributed by atoms with Crippen molar-refractivity contribution in [3.8, 4) is 17.2 Å². The number of piperazine rings is 1. The van der Waals surface area contributed by atoms with Crippen LogP contribution in [0, 0.1) is 0 Å². The van der Waals surface area contributed by atoms with Gasteiger partial charge in [0.25, 0.3) is 5.91 Å². The van der Waals surface area contributed by atoms with Crippen molar-refractivity contribution in [2.24, 2.45) is 0 Å². The highest BCUT2D eigenvalue weighted by Crippen LogP contribution is 2.23. The Kier molecular flexibility index (Phi) is 5.50. The lowest BCUT2D eigenvalue weighted by molar-refractivity contribution is -0.135. The van der Waals surface area contributed by atoms with Crippen molar-refractivity contribution < 1.29 is 13.9 Å². The molecule has 4 rings (SSSR count). The van der Waals surface area contributed by atoms with Gasteiger partial charge < -0.3 is 14.1 Å². The highest BCUT2D eigenvalue weighted by molar-refractivity contribution is 7.09. The third kappa shape index (κ3) is 4.56. The van der Waals surface area contributed by atoms with Crippen LogP contribution in [0.1, 0.15) is 5.01 Å². The summed E-state index contributed by atoms with van der Waals surface area (Å²) in [6.45, 7) is 4.00. The second kappa shape index (κ2) is 8.37. The number of rotatable bonds is 6. The minimum absolute atomic E-state index is 0.0351. The van der Waals surface area contributed by atoms with Gasteiger partial charge in [0.1, 0.15) is 16.5 Å². The van der Waals surface area contributed by atoms with Crippen LogP contribution in [0.15, 0.2) is 58.5 Å². The molecule has 1 aliphatic rings. The lowest BCUT2D eigenvalue weighted by Gasteiger charge is -2.34. The molecular formula is C20H21N3O3S. The maximum Gasteiger partial charge on any atom is 0.260 e. The van der Waals surface area contributed by atoms with Crippen LogP contribution in [0.25, 0.3) is 11.5 Å². The van der Waals surface area contributed by atoms with E-state index in [0.29, 0.717) is 13.1 Å². The summed E-state index contributed by atoms with van der Waals surface area (Å²) in [4.78, 5) is 21.2. The summed E-state index contributed by atoms with van der Waals surface area (Å²) in [5.41, 5.74) is 0.881. The standard InChI is InChI=1S/C20H21N3O3S/c24-20(14-26-16-5-2-1-3-6-16)23-10-8-22(9-11-23)13-19-21-17(15-27-19)18-7-4-12-25-18/h1-7,12,15H,8-11,13-14H2. The number of amides is 1. The summed E-state index contributed by atoms with van der Waals surface area (Å²) in [7, 11) is 0. The minimum atomic E-state index is 0.0351. The molecule has 0 unspecified atom stereocenters. The maximum absolute atomic E-state index is 12.3. The summed E-state index contributed by atoms with van der Waals surface area (Å²) in [5.74, 6) is 1.56. The van der Waals surface area contributed by atoms with E-state index in [2.05, 4.69) is 9.88 Å². The van der Waals surface area contributed by atoms with E-state index in [4.69, 9.17) is 9.15 Å². The lowest BCUT2D eigenvalue weighted by atomic mass is 10.3. The molecule has 1 saturated heterocycles. The zero-order valence-corrected chi connectivity index (χ0v) is 15.7. The summed E-state index contributed by atoms with van der Waals surface area (Å²) in [5, 5.41) is 3.09. The first kappa shape index (κ1) is 17.8. The zero-order chi connectivity index (χ0) is 18.5. The Morgan fingerprint density at radius 1 is 1.11 bits per heavy atom. The van der Waals surface area contributed by atoms with Crippen molar-refractivity contribution in [3.63, 3.8) is 0 Å². The smallest absolute Gasteiger partial charge is 0.260 e. The first-order chi connectivity index (χ1) is 13.3. The number of thiazole rings is 1. The van der Waals surface area contributed by atoms with Gasteiger partial charge >= 0.3 is 0 Å². The van der Waals surface area contributed by atoms with Crippen LogP contribution in [-0.2, 0) is 11.3 Å². The molecule has 0 saturated carbocycles. The number of benzene rings is 1. The lowest BCUT2D eigenvalue weighted by Crippen LogP contribution is -2.49. The number of hydrogen-bond acceptors (Lipinski definition) is 6. The fraction of sp³-hybridized carbons (Fsp3) is 0.300. The molecule has 0 aliphatic carbocycles. The second-order valence-electron chi connectivity index (χ2n) is 6.36. The number of hydrogen-bond donors (Lipinski definition) is 0. The number of ether oxygens (including phenoxy) is 1. The van der Waals surface area contributed by atoms with E-state index in [0.717, 1.165) is 41.8 Å². The van der Waals surface area contributed by atoms with Gasteiger partial charge in [0, 0.05) is 31.6 Å². The van der Waals surface area contributed by atoms with E-state index in [1.807, 2.05) is 52.7 Å². The molecule has 1 aliphatic heterocycles. The number of carbonyl (C=O) groups excluding carboxylic acids is 1. The van der Waals surface area contributed by atoms with Gasteiger partial charge in [0.05, 0.1) is 12.8 Å². The normalized spacial score (nSPS) is 15.0. The van der Waals surface area contributed by atoms with E-state index in [-0.39, 0.29) is 12.5 Å². The summed E-state index contributed by atoms with van der Waals surface area (Å²) in [6, 6.07) is 13.2. The van der Waals surface area contributed by atoms with Crippen LogP contribution >= 0.6 is 11.3 Å². The number of furan rings is 1. The van der Waals surface area contributed by atoms with Crippen LogP contribution in [0.4, 0.5) is 0 Å². The number of para-hydroxylation sites is 1.